The quantitative estimate of drug-likeness (QED) is 0.811. The highest BCUT2D eigenvalue weighted by atomic mass is 35.5. The molecular weight excluding hydrogens is 270 g/mol. The molecule has 0 aliphatic carbocycles. The highest BCUT2D eigenvalue weighted by Gasteiger charge is 2.11. The number of nitrogens with zero attached hydrogens (tertiary/aromatic N) is 1. The van der Waals surface area contributed by atoms with E-state index >= 15 is 0 Å². The molecule has 1 aromatic heterocycles. The summed E-state index contributed by atoms with van der Waals surface area (Å²) in [6, 6.07) is 3.08. The highest BCUT2D eigenvalue weighted by molar-refractivity contribution is 6.45. The molecule has 6 heteroatoms. The van der Waals surface area contributed by atoms with E-state index in [1.54, 1.807) is 6.07 Å². The van der Waals surface area contributed by atoms with Crippen LogP contribution in [0.4, 0.5) is 0 Å². The van der Waals surface area contributed by atoms with Crippen molar-refractivity contribution in [3.05, 3.63) is 50.1 Å². The van der Waals surface area contributed by atoms with Crippen molar-refractivity contribution >= 4 is 34.8 Å². The Balaban J connectivity index is 2.74. The van der Waals surface area contributed by atoms with Crippen LogP contribution in [0.1, 0.15) is 0 Å². The lowest BCUT2D eigenvalue weighted by Gasteiger charge is -2.05. The van der Waals surface area contributed by atoms with E-state index in [0.29, 0.717) is 21.2 Å². The minimum Gasteiger partial charge on any atom is -0.313 e. The average Bonchev–Trinajstić information content (AvgIpc) is 2.24. The third-order valence-corrected chi connectivity index (χ3v) is 3.02. The molecule has 1 N–H and O–H groups in total. The van der Waals surface area contributed by atoms with Crippen LogP contribution in [-0.4, -0.2) is 9.97 Å². The van der Waals surface area contributed by atoms with Gasteiger partial charge in [0.25, 0.3) is 5.56 Å². The number of H-pyrrole nitrogens is 1. The van der Waals surface area contributed by atoms with Crippen LogP contribution in [0, 0.1) is 0 Å². The first-order chi connectivity index (χ1) is 7.59. The first-order valence-electron chi connectivity index (χ1n) is 4.27. The molecule has 0 amide bonds. The first-order valence-corrected chi connectivity index (χ1v) is 5.40. The molecule has 0 aliphatic rings. The monoisotopic (exact) mass is 274 g/mol. The van der Waals surface area contributed by atoms with Gasteiger partial charge in [0.05, 0.1) is 21.9 Å². The van der Waals surface area contributed by atoms with Crippen molar-refractivity contribution in [2.45, 2.75) is 0 Å². The van der Waals surface area contributed by atoms with Gasteiger partial charge in [0, 0.05) is 16.8 Å². The van der Waals surface area contributed by atoms with Gasteiger partial charge in [-0.3, -0.25) is 4.79 Å². The number of aromatic amines is 1. The summed E-state index contributed by atoms with van der Waals surface area (Å²) in [6.07, 6.45) is 2.71. The lowest BCUT2D eigenvalue weighted by Crippen LogP contribution is -2.08. The Bertz CT molecular complexity index is 595. The van der Waals surface area contributed by atoms with Gasteiger partial charge in [0.15, 0.2) is 0 Å². The number of nitrogens with one attached hydrogen (secondary N) is 1. The maximum Gasteiger partial charge on any atom is 0.258 e. The molecule has 3 nitrogen and oxygen atoms in total. The fourth-order valence-electron chi connectivity index (χ4n) is 1.29. The fourth-order valence-corrected chi connectivity index (χ4v) is 1.99. The zero-order valence-corrected chi connectivity index (χ0v) is 10.1. The van der Waals surface area contributed by atoms with Crippen molar-refractivity contribution in [2.24, 2.45) is 0 Å². The molecule has 0 bridgehead atoms. The van der Waals surface area contributed by atoms with Crippen molar-refractivity contribution in [1.82, 2.24) is 9.97 Å². The average molecular weight is 276 g/mol. The molecule has 0 fully saturated rings. The molecule has 0 spiro atoms. The summed E-state index contributed by atoms with van der Waals surface area (Å²) in [7, 11) is 0. The van der Waals surface area contributed by atoms with Gasteiger partial charge in [0.1, 0.15) is 0 Å². The van der Waals surface area contributed by atoms with Gasteiger partial charge in [-0.15, -0.1) is 0 Å². The Morgan fingerprint density at radius 2 is 1.88 bits per heavy atom. The predicted octanol–water partition coefficient (Wildman–Crippen LogP) is 3.40. The van der Waals surface area contributed by atoms with Crippen molar-refractivity contribution in [3.8, 4) is 11.1 Å². The van der Waals surface area contributed by atoms with Gasteiger partial charge in [-0.1, -0.05) is 34.8 Å². The SMILES string of the molecule is O=c1[nH]cncc1-c1cc(Cl)cc(Cl)c1Cl. The van der Waals surface area contributed by atoms with E-state index in [0.717, 1.165) is 0 Å². The van der Waals surface area contributed by atoms with Crippen LogP contribution in [0.2, 0.25) is 15.1 Å². The summed E-state index contributed by atoms with van der Waals surface area (Å²) in [5, 5.41) is 0.990. The van der Waals surface area contributed by atoms with Gasteiger partial charge in [-0.25, -0.2) is 4.98 Å². The zero-order chi connectivity index (χ0) is 11.7. The number of aromatic nitrogens is 2. The topological polar surface area (TPSA) is 45.8 Å². The van der Waals surface area contributed by atoms with E-state index in [4.69, 9.17) is 34.8 Å². The van der Waals surface area contributed by atoms with E-state index in [1.807, 2.05) is 0 Å². The second kappa shape index (κ2) is 4.45. The Morgan fingerprint density at radius 1 is 1.12 bits per heavy atom. The first kappa shape index (κ1) is 11.5. The van der Waals surface area contributed by atoms with Crippen LogP contribution in [-0.2, 0) is 0 Å². The Kier molecular flexibility index (Phi) is 3.19. The zero-order valence-electron chi connectivity index (χ0n) is 7.80. The minimum atomic E-state index is -0.296. The van der Waals surface area contributed by atoms with Crippen molar-refractivity contribution in [3.63, 3.8) is 0 Å². The molecule has 0 aliphatic heterocycles. The normalized spacial score (nSPS) is 10.4. The summed E-state index contributed by atoms with van der Waals surface area (Å²) in [6.45, 7) is 0. The molecule has 2 aromatic rings. The summed E-state index contributed by atoms with van der Waals surface area (Å²) < 4.78 is 0. The molecule has 0 unspecified atom stereocenters. The lowest BCUT2D eigenvalue weighted by molar-refractivity contribution is 1.12. The van der Waals surface area contributed by atoms with Crippen molar-refractivity contribution < 1.29 is 0 Å². The number of benzene rings is 1. The maximum atomic E-state index is 11.6. The summed E-state index contributed by atoms with van der Waals surface area (Å²) in [4.78, 5) is 17.8. The number of halogens is 3. The van der Waals surface area contributed by atoms with E-state index in [1.165, 1.54) is 18.6 Å². The number of rotatable bonds is 1. The molecule has 0 saturated heterocycles. The summed E-state index contributed by atoms with van der Waals surface area (Å²) >= 11 is 17.7. The molecule has 82 valence electrons. The number of hydrogen-bond donors (Lipinski definition) is 1. The van der Waals surface area contributed by atoms with Gasteiger partial charge in [-0.05, 0) is 12.1 Å². The van der Waals surface area contributed by atoms with Gasteiger partial charge < -0.3 is 4.98 Å². The molecule has 2 rings (SSSR count). The third-order valence-electron chi connectivity index (χ3n) is 2.00. The minimum absolute atomic E-state index is 0.282. The van der Waals surface area contributed by atoms with E-state index < -0.39 is 0 Å². The molecule has 0 radical (unpaired) electrons. The largest absolute Gasteiger partial charge is 0.313 e. The number of hydrogen-bond acceptors (Lipinski definition) is 2. The standard InChI is InChI=1S/C10H5Cl3N2O/c11-5-1-6(9(13)8(12)2-5)7-3-14-4-15-10(7)16/h1-4H,(H,14,15,16). The van der Waals surface area contributed by atoms with E-state index in [9.17, 15) is 4.79 Å². The van der Waals surface area contributed by atoms with Crippen LogP contribution < -0.4 is 5.56 Å². The molecule has 0 saturated carbocycles. The molecule has 0 atom stereocenters. The lowest BCUT2D eigenvalue weighted by atomic mass is 10.1. The van der Waals surface area contributed by atoms with Crippen LogP contribution in [0.25, 0.3) is 11.1 Å². The molecule has 1 aromatic carbocycles. The Hall–Kier alpha value is -1.03. The van der Waals surface area contributed by atoms with Crippen molar-refractivity contribution in [2.75, 3.05) is 0 Å². The summed E-state index contributed by atoms with van der Waals surface area (Å²) in [5.74, 6) is 0. The highest BCUT2D eigenvalue weighted by Crippen LogP contribution is 2.34. The second-order valence-corrected chi connectivity index (χ2v) is 4.27. The van der Waals surface area contributed by atoms with Crippen LogP contribution in [0.15, 0.2) is 29.5 Å². The van der Waals surface area contributed by atoms with Gasteiger partial charge in [0.2, 0.25) is 0 Å². The van der Waals surface area contributed by atoms with Crippen LogP contribution in [0.5, 0.6) is 0 Å². The maximum absolute atomic E-state index is 11.6. The molecule has 1 heterocycles. The molecule has 16 heavy (non-hydrogen) atoms. The fraction of sp³-hybridized carbons (Fsp3) is 0. The third kappa shape index (κ3) is 2.07. The van der Waals surface area contributed by atoms with Crippen molar-refractivity contribution in [1.29, 1.82) is 0 Å². The second-order valence-electron chi connectivity index (χ2n) is 3.04. The van der Waals surface area contributed by atoms with E-state index in [2.05, 4.69) is 9.97 Å². The van der Waals surface area contributed by atoms with Gasteiger partial charge in [-0.2, -0.15) is 0 Å². The predicted molar refractivity (Wildman–Crippen MR) is 65.3 cm³/mol. The molecular formula is C10H5Cl3N2O. The van der Waals surface area contributed by atoms with Gasteiger partial charge >= 0.3 is 0 Å². The van der Waals surface area contributed by atoms with Crippen LogP contribution in [0.3, 0.4) is 0 Å². The summed E-state index contributed by atoms with van der Waals surface area (Å²) in [5.41, 5.74) is 0.501. The van der Waals surface area contributed by atoms with Crippen LogP contribution >= 0.6 is 34.8 Å². The smallest absolute Gasteiger partial charge is 0.258 e. The Labute approximate surface area is 106 Å². The van der Waals surface area contributed by atoms with E-state index in [-0.39, 0.29) is 10.6 Å². The Morgan fingerprint density at radius 3 is 2.56 bits per heavy atom.